The summed E-state index contributed by atoms with van der Waals surface area (Å²) in [6.45, 7) is 5.48. The van der Waals surface area contributed by atoms with Crippen molar-refractivity contribution in [3.63, 3.8) is 0 Å². The van der Waals surface area contributed by atoms with E-state index in [9.17, 15) is 9.59 Å². The minimum Gasteiger partial charge on any atom is -0.465 e. The van der Waals surface area contributed by atoms with E-state index in [0.29, 0.717) is 33.0 Å². The number of carboxylic acid groups (broad SMARTS) is 1. The van der Waals surface area contributed by atoms with E-state index < -0.39 is 6.09 Å². The van der Waals surface area contributed by atoms with Crippen molar-refractivity contribution in [3.05, 3.63) is 12.7 Å². The van der Waals surface area contributed by atoms with Gasteiger partial charge in [0, 0.05) is 13.1 Å². The Labute approximate surface area is 99.8 Å². The van der Waals surface area contributed by atoms with Crippen molar-refractivity contribution < 1.29 is 24.2 Å². The molecule has 7 heteroatoms. The summed E-state index contributed by atoms with van der Waals surface area (Å²) in [5.74, 6) is -0.232. The maximum Gasteiger partial charge on any atom is 0.404 e. The Morgan fingerprint density at radius 3 is 2.06 bits per heavy atom. The highest BCUT2D eigenvalue weighted by Gasteiger charge is 1.94. The lowest BCUT2D eigenvalue weighted by atomic mass is 10.5. The van der Waals surface area contributed by atoms with Crippen molar-refractivity contribution in [3.8, 4) is 0 Å². The first-order valence-corrected chi connectivity index (χ1v) is 5.19. The molecular weight excluding hydrogens is 228 g/mol. The van der Waals surface area contributed by atoms with E-state index in [1.165, 1.54) is 6.08 Å². The van der Waals surface area contributed by atoms with Crippen LogP contribution in [0.2, 0.25) is 0 Å². The summed E-state index contributed by atoms with van der Waals surface area (Å²) in [7, 11) is 0. The van der Waals surface area contributed by atoms with Gasteiger partial charge in [-0.15, -0.1) is 0 Å². The van der Waals surface area contributed by atoms with Crippen molar-refractivity contribution in [2.24, 2.45) is 0 Å². The third kappa shape index (κ3) is 12.3. The molecule has 0 fully saturated rings. The van der Waals surface area contributed by atoms with Crippen LogP contribution in [0.4, 0.5) is 4.79 Å². The van der Waals surface area contributed by atoms with Crippen LogP contribution in [-0.2, 0) is 14.3 Å². The summed E-state index contributed by atoms with van der Waals surface area (Å²) in [5, 5.41) is 13.0. The lowest BCUT2D eigenvalue weighted by Crippen LogP contribution is -2.26. The molecule has 0 aromatic heterocycles. The molecule has 17 heavy (non-hydrogen) atoms. The summed E-state index contributed by atoms with van der Waals surface area (Å²) in [6, 6.07) is 0. The predicted molar refractivity (Wildman–Crippen MR) is 60.9 cm³/mol. The zero-order valence-corrected chi connectivity index (χ0v) is 9.61. The predicted octanol–water partition coefficient (Wildman–Crippen LogP) is -0.411. The fourth-order valence-corrected chi connectivity index (χ4v) is 0.871. The molecule has 3 N–H and O–H groups in total. The normalized spacial score (nSPS) is 9.65. The van der Waals surface area contributed by atoms with Gasteiger partial charge in [-0.05, 0) is 6.08 Å². The Balaban J connectivity index is 3.06. The van der Waals surface area contributed by atoms with Crippen molar-refractivity contribution >= 4 is 12.0 Å². The molecule has 0 atom stereocenters. The summed E-state index contributed by atoms with van der Waals surface area (Å²) in [6.07, 6.45) is 0.126. The fourth-order valence-electron chi connectivity index (χ4n) is 0.871. The first-order chi connectivity index (χ1) is 8.16. The number of carbonyl (C=O) groups is 2. The molecule has 0 heterocycles. The van der Waals surface area contributed by atoms with E-state index in [4.69, 9.17) is 14.6 Å². The average molecular weight is 246 g/mol. The van der Waals surface area contributed by atoms with E-state index in [2.05, 4.69) is 17.2 Å². The zero-order valence-electron chi connectivity index (χ0n) is 9.61. The highest BCUT2D eigenvalue weighted by atomic mass is 16.5. The Hall–Kier alpha value is -1.60. The number of ether oxygens (including phenoxy) is 2. The van der Waals surface area contributed by atoms with Crippen LogP contribution in [0.25, 0.3) is 0 Å². The smallest absolute Gasteiger partial charge is 0.404 e. The molecule has 0 aromatic rings. The minimum atomic E-state index is -1.07. The van der Waals surface area contributed by atoms with Gasteiger partial charge in [0.05, 0.1) is 26.4 Å². The first-order valence-electron chi connectivity index (χ1n) is 5.19. The molecule has 0 saturated carbocycles. The van der Waals surface area contributed by atoms with Crippen LogP contribution >= 0.6 is 0 Å². The van der Waals surface area contributed by atoms with Gasteiger partial charge in [-0.3, -0.25) is 4.79 Å². The molecule has 0 aliphatic rings. The van der Waals surface area contributed by atoms with Gasteiger partial charge in [-0.2, -0.15) is 0 Å². The van der Waals surface area contributed by atoms with Crippen LogP contribution in [0.1, 0.15) is 0 Å². The third-order valence-electron chi connectivity index (χ3n) is 1.63. The molecule has 0 bridgehead atoms. The van der Waals surface area contributed by atoms with Gasteiger partial charge in [0.1, 0.15) is 0 Å². The van der Waals surface area contributed by atoms with Gasteiger partial charge in [0.25, 0.3) is 0 Å². The molecule has 0 radical (unpaired) electrons. The van der Waals surface area contributed by atoms with E-state index in [1.54, 1.807) is 0 Å². The second-order valence-electron chi connectivity index (χ2n) is 2.95. The quantitative estimate of drug-likeness (QED) is 0.359. The van der Waals surface area contributed by atoms with E-state index >= 15 is 0 Å². The molecule has 2 amide bonds. The van der Waals surface area contributed by atoms with Gasteiger partial charge < -0.3 is 25.2 Å². The van der Waals surface area contributed by atoms with Crippen LogP contribution < -0.4 is 10.6 Å². The Morgan fingerprint density at radius 2 is 1.59 bits per heavy atom. The second-order valence-corrected chi connectivity index (χ2v) is 2.95. The second kappa shape index (κ2) is 10.9. The molecule has 0 spiro atoms. The van der Waals surface area contributed by atoms with Crippen LogP contribution in [0.3, 0.4) is 0 Å². The van der Waals surface area contributed by atoms with Gasteiger partial charge >= 0.3 is 6.09 Å². The molecule has 98 valence electrons. The molecular formula is C10H18N2O5. The van der Waals surface area contributed by atoms with Crippen LogP contribution in [0.15, 0.2) is 12.7 Å². The number of rotatable bonds is 10. The molecule has 0 unspecified atom stereocenters. The number of hydrogen-bond donors (Lipinski definition) is 3. The molecule has 0 aromatic carbocycles. The minimum absolute atomic E-state index is 0.232. The third-order valence-corrected chi connectivity index (χ3v) is 1.63. The van der Waals surface area contributed by atoms with E-state index in [1.807, 2.05) is 0 Å². The summed E-state index contributed by atoms with van der Waals surface area (Å²) >= 11 is 0. The van der Waals surface area contributed by atoms with Gasteiger partial charge in [0.2, 0.25) is 5.91 Å². The van der Waals surface area contributed by atoms with E-state index in [-0.39, 0.29) is 12.5 Å². The first kappa shape index (κ1) is 15.4. The zero-order chi connectivity index (χ0) is 12.9. The molecule has 0 aliphatic carbocycles. The SMILES string of the molecule is C=CC(=O)NCCOCCOCCNC(=O)O. The van der Waals surface area contributed by atoms with Crippen molar-refractivity contribution in [2.45, 2.75) is 0 Å². The Bertz CT molecular complexity index is 245. The van der Waals surface area contributed by atoms with Crippen molar-refractivity contribution in [1.82, 2.24) is 10.6 Å². The molecule has 0 rings (SSSR count). The Kier molecular flexibility index (Phi) is 9.88. The maximum absolute atomic E-state index is 10.7. The van der Waals surface area contributed by atoms with Crippen LogP contribution in [0.5, 0.6) is 0 Å². The standard InChI is InChI=1S/C10H18N2O5/c1-2-9(13)11-3-5-16-7-8-17-6-4-12-10(14)15/h2,12H,1,3-8H2,(H,11,13)(H,14,15). The number of amides is 2. The average Bonchev–Trinajstić information content (AvgIpc) is 2.30. The lowest BCUT2D eigenvalue weighted by Gasteiger charge is -2.06. The highest BCUT2D eigenvalue weighted by Crippen LogP contribution is 1.78. The summed E-state index contributed by atoms with van der Waals surface area (Å²) in [4.78, 5) is 20.8. The molecule has 0 aliphatic heterocycles. The van der Waals surface area contributed by atoms with Crippen molar-refractivity contribution in [1.29, 1.82) is 0 Å². The molecule has 7 nitrogen and oxygen atoms in total. The Morgan fingerprint density at radius 1 is 1.06 bits per heavy atom. The highest BCUT2D eigenvalue weighted by molar-refractivity contribution is 5.86. The number of carbonyl (C=O) groups excluding carboxylic acids is 1. The van der Waals surface area contributed by atoms with Crippen molar-refractivity contribution in [2.75, 3.05) is 39.5 Å². The van der Waals surface area contributed by atoms with Crippen LogP contribution in [0, 0.1) is 0 Å². The van der Waals surface area contributed by atoms with Crippen LogP contribution in [-0.4, -0.2) is 56.6 Å². The van der Waals surface area contributed by atoms with Gasteiger partial charge in [0.15, 0.2) is 0 Å². The maximum atomic E-state index is 10.7. The summed E-state index contributed by atoms with van der Waals surface area (Å²) < 4.78 is 10.2. The summed E-state index contributed by atoms with van der Waals surface area (Å²) in [5.41, 5.74) is 0. The fraction of sp³-hybridized carbons (Fsp3) is 0.600. The lowest BCUT2D eigenvalue weighted by molar-refractivity contribution is -0.116. The van der Waals surface area contributed by atoms with Gasteiger partial charge in [-0.1, -0.05) is 6.58 Å². The van der Waals surface area contributed by atoms with E-state index in [0.717, 1.165) is 0 Å². The largest absolute Gasteiger partial charge is 0.465 e. The topological polar surface area (TPSA) is 96.9 Å². The monoisotopic (exact) mass is 246 g/mol. The number of nitrogens with one attached hydrogen (secondary N) is 2. The number of hydrogen-bond acceptors (Lipinski definition) is 4. The molecule has 0 saturated heterocycles. The van der Waals surface area contributed by atoms with Gasteiger partial charge in [-0.25, -0.2) is 4.79 Å².